The Morgan fingerprint density at radius 3 is 1.33 bits per heavy atom. The number of carbonyl (C=O) groups is 7. The molecular formula is C36H72N20O8. The fourth-order valence-electron chi connectivity index (χ4n) is 5.73. The molecule has 0 fully saturated rings. The van der Waals surface area contributed by atoms with Gasteiger partial charge in [0.15, 0.2) is 23.8 Å². The summed E-state index contributed by atoms with van der Waals surface area (Å²) in [5.74, 6) is -6.82. The van der Waals surface area contributed by atoms with Gasteiger partial charge < -0.3 is 92.7 Å². The molecule has 0 bridgehead atoms. The Morgan fingerprint density at radius 2 is 0.891 bits per heavy atom. The Morgan fingerprint density at radius 1 is 0.484 bits per heavy atom. The number of nitrogens with one attached hydrogen (secondary N) is 2. The number of rotatable bonds is 36. The van der Waals surface area contributed by atoms with E-state index in [0.717, 1.165) is 35.5 Å². The first kappa shape index (κ1) is 57.3. The van der Waals surface area contributed by atoms with E-state index in [-0.39, 0.29) is 108 Å². The lowest BCUT2D eigenvalue weighted by Crippen LogP contribution is -2.53. The second-order valence-corrected chi connectivity index (χ2v) is 14.4. The monoisotopic (exact) mass is 913 g/mol. The van der Waals surface area contributed by atoms with Gasteiger partial charge in [0.05, 0.1) is 26.2 Å². The molecule has 0 aromatic rings. The first-order valence-electron chi connectivity index (χ1n) is 20.8. The fourth-order valence-corrected chi connectivity index (χ4v) is 5.73. The van der Waals surface area contributed by atoms with Crippen molar-refractivity contribution in [2.75, 3.05) is 98.2 Å². The SMILES string of the molecule is NCCCCCCNCC(=O)N(CCCN=C(N)N)CC(=O)N(CCCN=C(N)N)CC(=O)N(CC(=O)O)CC(=O)N(CCCN=C(N)N)CC(=O)N[C@H](CCCN=C(N)N)C(N)=O. The van der Waals surface area contributed by atoms with E-state index in [1.54, 1.807) is 0 Å². The molecule has 1 atom stereocenters. The van der Waals surface area contributed by atoms with Crippen LogP contribution in [-0.2, 0) is 33.6 Å². The molecule has 364 valence electrons. The van der Waals surface area contributed by atoms with Gasteiger partial charge in [0.25, 0.3) is 0 Å². The highest BCUT2D eigenvalue weighted by Crippen LogP contribution is 2.06. The minimum atomic E-state index is -1.49. The van der Waals surface area contributed by atoms with E-state index in [1.807, 2.05) is 0 Å². The number of carboxylic acid groups (broad SMARTS) is 1. The van der Waals surface area contributed by atoms with E-state index < -0.39 is 80.2 Å². The number of amides is 6. The van der Waals surface area contributed by atoms with Crippen LogP contribution in [0.2, 0.25) is 0 Å². The van der Waals surface area contributed by atoms with Gasteiger partial charge >= 0.3 is 5.97 Å². The quantitative estimate of drug-likeness (QED) is 0.0158. The number of carbonyl (C=O) groups excluding carboxylic acids is 6. The minimum Gasteiger partial charge on any atom is -0.480 e. The standard InChI is InChI=1S/C36H72N20O8/c37-10-3-1-2-4-11-47-19-27(58)54(17-7-14-50-35(43)44)21-28(59)55(18-8-15-51-36(45)46)22-30(61)56(24-31(62)63)23-29(60)53(16-6-13-49-34(41)42)20-26(57)52-25(32(38)64)9-5-12-48-33(39)40/h25,47H,1-24,37H2,(H2,38,64)(H,52,57)(H,62,63)(H4,39,40,48)(H4,41,42,49)(H4,43,44,50)(H4,45,46,51)/t25-/m1/s1. The number of primary amides is 1. The van der Waals surface area contributed by atoms with E-state index in [1.165, 1.54) is 4.90 Å². The summed E-state index contributed by atoms with van der Waals surface area (Å²) < 4.78 is 0. The van der Waals surface area contributed by atoms with Gasteiger partial charge in [0, 0.05) is 45.8 Å². The van der Waals surface area contributed by atoms with Gasteiger partial charge in [-0.25, -0.2) is 0 Å². The summed E-state index contributed by atoms with van der Waals surface area (Å²) in [6.45, 7) is -2.40. The summed E-state index contributed by atoms with van der Waals surface area (Å²) in [7, 11) is 0. The van der Waals surface area contributed by atoms with Crippen LogP contribution < -0.4 is 68.0 Å². The number of carboxylic acids is 1. The van der Waals surface area contributed by atoms with Crippen molar-refractivity contribution in [3.63, 3.8) is 0 Å². The van der Waals surface area contributed by atoms with Crippen LogP contribution in [0.4, 0.5) is 0 Å². The number of guanidine groups is 4. The molecule has 0 rings (SSSR count). The molecule has 0 saturated carbocycles. The lowest BCUT2D eigenvalue weighted by atomic mass is 10.1. The van der Waals surface area contributed by atoms with Crippen LogP contribution in [0.5, 0.6) is 0 Å². The normalized spacial score (nSPS) is 11.0. The Balaban J connectivity index is 6.40. The molecule has 0 heterocycles. The third kappa shape index (κ3) is 29.5. The van der Waals surface area contributed by atoms with Gasteiger partial charge in [-0.15, -0.1) is 0 Å². The van der Waals surface area contributed by atoms with Gasteiger partial charge in [-0.3, -0.25) is 53.5 Å². The number of nitrogens with zero attached hydrogens (tertiary/aromatic N) is 8. The summed E-state index contributed by atoms with van der Waals surface area (Å²) in [5.41, 5.74) is 54.3. The molecule has 0 spiro atoms. The Labute approximate surface area is 373 Å². The molecule has 28 heteroatoms. The maximum atomic E-state index is 13.9. The third-order valence-corrected chi connectivity index (χ3v) is 8.90. The van der Waals surface area contributed by atoms with Crippen LogP contribution in [-0.4, -0.2) is 194 Å². The smallest absolute Gasteiger partial charge is 0.323 e. The van der Waals surface area contributed by atoms with Crippen LogP contribution in [0.3, 0.4) is 0 Å². The highest BCUT2D eigenvalue weighted by atomic mass is 16.4. The van der Waals surface area contributed by atoms with Gasteiger partial charge in [0.1, 0.15) is 19.1 Å². The molecule has 0 radical (unpaired) electrons. The van der Waals surface area contributed by atoms with Crippen molar-refractivity contribution in [3.8, 4) is 0 Å². The maximum absolute atomic E-state index is 13.9. The third-order valence-electron chi connectivity index (χ3n) is 8.90. The summed E-state index contributed by atoms with van der Waals surface area (Å²) in [6.07, 6.45) is 4.47. The first-order valence-corrected chi connectivity index (χ1v) is 20.8. The molecule has 64 heavy (non-hydrogen) atoms. The van der Waals surface area contributed by atoms with Crippen LogP contribution in [0.15, 0.2) is 20.0 Å². The van der Waals surface area contributed by atoms with Crippen LogP contribution in [0.25, 0.3) is 0 Å². The second-order valence-electron chi connectivity index (χ2n) is 14.4. The van der Waals surface area contributed by atoms with Gasteiger partial charge in [-0.1, -0.05) is 12.8 Å². The molecule has 28 nitrogen and oxygen atoms in total. The van der Waals surface area contributed by atoms with Crippen molar-refractivity contribution in [1.82, 2.24) is 30.2 Å². The average Bonchev–Trinajstić information content (AvgIpc) is 3.20. The highest BCUT2D eigenvalue weighted by Gasteiger charge is 2.29. The van der Waals surface area contributed by atoms with Gasteiger partial charge in [0.2, 0.25) is 35.4 Å². The van der Waals surface area contributed by atoms with Crippen molar-refractivity contribution < 1.29 is 38.7 Å². The number of nitrogens with two attached hydrogens (primary N) is 10. The molecule has 0 aliphatic rings. The zero-order valence-electron chi connectivity index (χ0n) is 36.7. The van der Waals surface area contributed by atoms with Gasteiger partial charge in [-0.2, -0.15) is 0 Å². The van der Waals surface area contributed by atoms with Crippen molar-refractivity contribution in [2.24, 2.45) is 77.3 Å². The van der Waals surface area contributed by atoms with E-state index in [4.69, 9.17) is 57.3 Å². The number of aliphatic imine (C=N–C) groups is 4. The van der Waals surface area contributed by atoms with E-state index in [9.17, 15) is 38.7 Å². The predicted octanol–water partition coefficient (Wildman–Crippen LogP) is -7.49. The molecule has 0 aliphatic carbocycles. The zero-order chi connectivity index (χ0) is 48.5. The largest absolute Gasteiger partial charge is 0.480 e. The summed E-state index contributed by atoms with van der Waals surface area (Å²) in [5, 5.41) is 15.3. The molecule has 23 N–H and O–H groups in total. The second kappa shape index (κ2) is 33.9. The van der Waals surface area contributed by atoms with Crippen molar-refractivity contribution in [2.45, 2.75) is 63.8 Å². The van der Waals surface area contributed by atoms with Crippen molar-refractivity contribution >= 4 is 65.3 Å². The molecule has 0 aromatic carbocycles. The molecular weight excluding hydrogens is 841 g/mol. The summed E-state index contributed by atoms with van der Waals surface area (Å²) in [6, 6.07) is -1.15. The van der Waals surface area contributed by atoms with Crippen molar-refractivity contribution in [3.05, 3.63) is 0 Å². The van der Waals surface area contributed by atoms with E-state index in [2.05, 4.69) is 30.6 Å². The summed E-state index contributed by atoms with van der Waals surface area (Å²) >= 11 is 0. The van der Waals surface area contributed by atoms with Crippen LogP contribution in [0.1, 0.15) is 57.8 Å². The Hall–Kier alpha value is -6.71. The topological polar surface area (TPSA) is 486 Å². The number of unbranched alkanes of at least 4 members (excludes halogenated alkanes) is 3. The number of hydrogen-bond acceptors (Lipinski definition) is 13. The number of aliphatic carboxylic acids is 1. The molecule has 0 saturated heterocycles. The number of hydrogen-bond donors (Lipinski definition) is 13. The highest BCUT2D eigenvalue weighted by molar-refractivity contribution is 5.93. The maximum Gasteiger partial charge on any atom is 0.323 e. The summed E-state index contributed by atoms with van der Waals surface area (Å²) in [4.78, 5) is 112. The molecule has 0 unspecified atom stereocenters. The first-order chi connectivity index (χ1) is 30.3. The lowest BCUT2D eigenvalue weighted by molar-refractivity contribution is -0.150. The fraction of sp³-hybridized carbons (Fsp3) is 0.694. The average molecular weight is 913 g/mol. The Bertz CT molecular complexity index is 1590. The predicted molar refractivity (Wildman–Crippen MR) is 241 cm³/mol. The van der Waals surface area contributed by atoms with E-state index >= 15 is 0 Å². The Kier molecular flexibility index (Phi) is 30.3. The molecule has 0 aromatic heterocycles. The lowest BCUT2D eigenvalue weighted by Gasteiger charge is -2.30. The van der Waals surface area contributed by atoms with Gasteiger partial charge in [-0.05, 0) is 58.0 Å². The van der Waals surface area contributed by atoms with E-state index in [0.29, 0.717) is 18.0 Å². The molecule has 6 amide bonds. The van der Waals surface area contributed by atoms with Crippen LogP contribution >= 0.6 is 0 Å². The van der Waals surface area contributed by atoms with Crippen molar-refractivity contribution in [1.29, 1.82) is 0 Å². The van der Waals surface area contributed by atoms with Crippen LogP contribution in [0, 0.1) is 0 Å². The zero-order valence-corrected chi connectivity index (χ0v) is 36.7. The minimum absolute atomic E-state index is 0.0379. The molecule has 0 aliphatic heterocycles.